The van der Waals surface area contributed by atoms with Crippen LogP contribution in [0.2, 0.25) is 0 Å². The van der Waals surface area contributed by atoms with Crippen LogP contribution >= 0.6 is 12.2 Å². The van der Waals surface area contributed by atoms with Gasteiger partial charge >= 0.3 is 0 Å². The third-order valence-corrected chi connectivity index (χ3v) is 5.66. The number of nitrogens with zero attached hydrogens (tertiary/aromatic N) is 3. The average Bonchev–Trinajstić information content (AvgIpc) is 3.26. The lowest BCUT2D eigenvalue weighted by Gasteiger charge is -2.37. The fourth-order valence-electron chi connectivity index (χ4n) is 3.77. The molecule has 0 aliphatic carbocycles. The largest absolute Gasteiger partial charge is 0.504 e. The van der Waals surface area contributed by atoms with E-state index >= 15 is 0 Å². The van der Waals surface area contributed by atoms with Crippen molar-refractivity contribution in [1.29, 1.82) is 0 Å². The molecule has 1 aliphatic rings. The number of rotatable bonds is 6. The summed E-state index contributed by atoms with van der Waals surface area (Å²) in [5.41, 5.74) is 2.86. The fraction of sp³-hybridized carbons (Fsp3) is 0.261. The molecule has 166 valence electrons. The highest BCUT2D eigenvalue weighted by Crippen LogP contribution is 2.39. The van der Waals surface area contributed by atoms with Crippen molar-refractivity contribution >= 4 is 22.9 Å². The van der Waals surface area contributed by atoms with Gasteiger partial charge in [-0.15, -0.1) is 0 Å². The van der Waals surface area contributed by atoms with Crippen molar-refractivity contribution in [3.05, 3.63) is 65.4 Å². The van der Waals surface area contributed by atoms with E-state index in [0.717, 1.165) is 23.3 Å². The van der Waals surface area contributed by atoms with Crippen molar-refractivity contribution in [1.82, 2.24) is 20.4 Å². The lowest BCUT2D eigenvalue weighted by Crippen LogP contribution is -2.46. The van der Waals surface area contributed by atoms with Crippen molar-refractivity contribution in [3.8, 4) is 22.9 Å². The van der Waals surface area contributed by atoms with Crippen molar-refractivity contribution in [2.45, 2.75) is 26.3 Å². The summed E-state index contributed by atoms with van der Waals surface area (Å²) in [5, 5.41) is 18.3. The highest BCUT2D eigenvalue weighted by molar-refractivity contribution is 7.80. The van der Waals surface area contributed by atoms with Crippen LogP contribution in [0.5, 0.6) is 11.5 Å². The monoisotopic (exact) mass is 454 g/mol. The van der Waals surface area contributed by atoms with Crippen LogP contribution in [0.25, 0.3) is 17.0 Å². The van der Waals surface area contributed by atoms with Gasteiger partial charge in [0.2, 0.25) is 5.82 Å². The average molecular weight is 455 g/mol. The summed E-state index contributed by atoms with van der Waals surface area (Å²) in [4.78, 5) is 6.53. The lowest BCUT2D eigenvalue weighted by atomic mass is 9.94. The number of aromatic hydroxyl groups is 1. The van der Waals surface area contributed by atoms with Gasteiger partial charge in [0.1, 0.15) is 5.82 Å². The Balaban J connectivity index is 1.82. The molecule has 9 heteroatoms. The first-order chi connectivity index (χ1) is 15.4. The van der Waals surface area contributed by atoms with Gasteiger partial charge in [-0.05, 0) is 55.4 Å². The number of ether oxygens (including phenoxy) is 1. The normalized spacial score (nSPS) is 16.3. The standard InChI is InChI=1S/C23H23FN4O3S/c1-4-10-28-13(2)19(22-26-21(27-31-22)15-6-5-7-16(24)11-15)20(25-23(28)32)14-8-9-18(30-3)17(29)12-14/h5-9,11-12,20,29H,4,10H2,1-3H3,(H,25,32). The molecule has 1 atom stereocenters. The molecule has 0 radical (unpaired) electrons. The van der Waals surface area contributed by atoms with Crippen molar-refractivity contribution in [2.24, 2.45) is 0 Å². The van der Waals surface area contributed by atoms with Crippen LogP contribution in [0, 0.1) is 5.82 Å². The quantitative estimate of drug-likeness (QED) is 0.520. The summed E-state index contributed by atoms with van der Waals surface area (Å²) in [7, 11) is 1.49. The van der Waals surface area contributed by atoms with E-state index < -0.39 is 6.04 Å². The highest BCUT2D eigenvalue weighted by Gasteiger charge is 2.34. The second-order valence-electron chi connectivity index (χ2n) is 7.40. The minimum Gasteiger partial charge on any atom is -0.504 e. The van der Waals surface area contributed by atoms with Gasteiger partial charge in [0.05, 0.1) is 18.7 Å². The maximum Gasteiger partial charge on any atom is 0.258 e. The maximum atomic E-state index is 13.7. The number of aromatic nitrogens is 2. The van der Waals surface area contributed by atoms with E-state index in [1.807, 2.05) is 17.9 Å². The van der Waals surface area contributed by atoms with Crippen LogP contribution in [0.1, 0.15) is 37.8 Å². The second-order valence-corrected chi connectivity index (χ2v) is 7.78. The predicted molar refractivity (Wildman–Crippen MR) is 122 cm³/mol. The van der Waals surface area contributed by atoms with Gasteiger partial charge < -0.3 is 24.6 Å². The Labute approximate surface area is 190 Å². The lowest BCUT2D eigenvalue weighted by molar-refractivity contribution is 0.372. The minimum atomic E-state index is -0.437. The van der Waals surface area contributed by atoms with Crippen LogP contribution in [0.4, 0.5) is 4.39 Å². The van der Waals surface area contributed by atoms with Crippen LogP contribution in [-0.4, -0.2) is 38.9 Å². The molecule has 3 aromatic rings. The Bertz CT molecular complexity index is 1190. The Hall–Kier alpha value is -3.46. The summed E-state index contributed by atoms with van der Waals surface area (Å²) in [6.45, 7) is 4.73. The van der Waals surface area contributed by atoms with E-state index in [2.05, 4.69) is 22.4 Å². The summed E-state index contributed by atoms with van der Waals surface area (Å²) in [6, 6.07) is 10.7. The fourth-order valence-corrected chi connectivity index (χ4v) is 4.11. The van der Waals surface area contributed by atoms with Gasteiger partial charge in [-0.1, -0.05) is 30.3 Å². The van der Waals surface area contributed by atoms with E-state index in [1.165, 1.54) is 19.2 Å². The molecule has 32 heavy (non-hydrogen) atoms. The number of nitrogens with one attached hydrogen (secondary N) is 1. The zero-order chi connectivity index (χ0) is 22.8. The molecule has 0 saturated heterocycles. The van der Waals surface area contributed by atoms with Crippen molar-refractivity contribution in [3.63, 3.8) is 0 Å². The number of phenolic OH excluding ortho intramolecular Hbond substituents is 1. The first kappa shape index (κ1) is 21.8. The SMILES string of the molecule is CCCN1C(=S)NC(c2ccc(OC)c(O)c2)C(c2nc(-c3cccc(F)c3)no2)=C1C. The number of benzene rings is 2. The number of hydrogen-bond acceptors (Lipinski definition) is 6. The number of thiocarbonyl (C=S) groups is 1. The third kappa shape index (κ3) is 4.03. The summed E-state index contributed by atoms with van der Waals surface area (Å²) in [6.07, 6.45) is 0.888. The van der Waals surface area contributed by atoms with E-state index in [0.29, 0.717) is 23.0 Å². The summed E-state index contributed by atoms with van der Waals surface area (Å²) < 4.78 is 24.5. The third-order valence-electron chi connectivity index (χ3n) is 5.32. The van der Waals surface area contributed by atoms with Crippen molar-refractivity contribution in [2.75, 3.05) is 13.7 Å². The van der Waals surface area contributed by atoms with E-state index in [1.54, 1.807) is 24.3 Å². The number of allylic oxidation sites excluding steroid dienone is 1. The Morgan fingerprint density at radius 2 is 2.09 bits per heavy atom. The van der Waals surface area contributed by atoms with E-state index in [9.17, 15) is 9.50 Å². The molecule has 7 nitrogen and oxygen atoms in total. The molecule has 4 rings (SSSR count). The van der Waals surface area contributed by atoms with Gasteiger partial charge in [-0.25, -0.2) is 4.39 Å². The zero-order valence-electron chi connectivity index (χ0n) is 17.9. The first-order valence-corrected chi connectivity index (χ1v) is 10.6. The molecule has 0 amide bonds. The van der Waals surface area contributed by atoms with Crippen LogP contribution in [0.15, 0.2) is 52.7 Å². The van der Waals surface area contributed by atoms with E-state index in [4.69, 9.17) is 21.5 Å². The maximum absolute atomic E-state index is 13.7. The van der Waals surface area contributed by atoms with Crippen LogP contribution in [0.3, 0.4) is 0 Å². The Morgan fingerprint density at radius 3 is 2.78 bits per heavy atom. The Kier molecular flexibility index (Phi) is 6.09. The molecule has 2 aromatic carbocycles. The van der Waals surface area contributed by atoms with Gasteiger partial charge in [0, 0.05) is 17.8 Å². The smallest absolute Gasteiger partial charge is 0.258 e. The summed E-state index contributed by atoms with van der Waals surface area (Å²) >= 11 is 5.61. The van der Waals surface area contributed by atoms with Gasteiger partial charge in [0.15, 0.2) is 16.6 Å². The number of halogens is 1. The highest BCUT2D eigenvalue weighted by atomic mass is 32.1. The Morgan fingerprint density at radius 1 is 1.28 bits per heavy atom. The van der Waals surface area contributed by atoms with Crippen LogP contribution < -0.4 is 10.1 Å². The van der Waals surface area contributed by atoms with Gasteiger partial charge in [-0.3, -0.25) is 0 Å². The molecule has 0 spiro atoms. The topological polar surface area (TPSA) is 83.7 Å². The number of phenols is 1. The molecule has 0 bridgehead atoms. The van der Waals surface area contributed by atoms with Crippen molar-refractivity contribution < 1.29 is 18.8 Å². The summed E-state index contributed by atoms with van der Waals surface area (Å²) in [5.74, 6) is 0.573. The molecular formula is C23H23FN4O3S. The zero-order valence-corrected chi connectivity index (χ0v) is 18.7. The molecule has 2 heterocycles. The molecule has 1 aliphatic heterocycles. The number of methoxy groups -OCH3 is 1. The molecule has 1 unspecified atom stereocenters. The van der Waals surface area contributed by atoms with Gasteiger partial charge in [-0.2, -0.15) is 4.98 Å². The number of hydrogen-bond donors (Lipinski definition) is 2. The molecule has 2 N–H and O–H groups in total. The molecule has 1 aromatic heterocycles. The predicted octanol–water partition coefficient (Wildman–Crippen LogP) is 4.66. The molecule has 0 fully saturated rings. The van der Waals surface area contributed by atoms with E-state index in [-0.39, 0.29) is 23.3 Å². The molecule has 0 saturated carbocycles. The second kappa shape index (κ2) is 8.96. The minimum absolute atomic E-state index is 0.0108. The van der Waals surface area contributed by atoms with Crippen LogP contribution in [-0.2, 0) is 0 Å². The first-order valence-electron chi connectivity index (χ1n) is 10.2. The van der Waals surface area contributed by atoms with Gasteiger partial charge in [0.25, 0.3) is 5.89 Å². The molecular weight excluding hydrogens is 431 g/mol.